The summed E-state index contributed by atoms with van der Waals surface area (Å²) in [6.07, 6.45) is 8.20. The summed E-state index contributed by atoms with van der Waals surface area (Å²) in [5.41, 5.74) is 3.30. The van der Waals surface area contributed by atoms with Crippen LogP contribution in [0, 0.1) is 0 Å². The van der Waals surface area contributed by atoms with Gasteiger partial charge in [0.25, 0.3) is 5.91 Å². The Morgan fingerprint density at radius 1 is 1.31 bits per heavy atom. The summed E-state index contributed by atoms with van der Waals surface area (Å²) in [4.78, 5) is 25.0. The summed E-state index contributed by atoms with van der Waals surface area (Å²) in [5, 5.41) is 3.12. The SMILES string of the molecule is CSCC[C@@H](NC(=O)c1ccc2nccn2c1)c1nc2ccccc2[nH]1. The highest BCUT2D eigenvalue weighted by Gasteiger charge is 2.19. The highest BCUT2D eigenvalue weighted by atomic mass is 32.2. The number of aromatic amines is 1. The van der Waals surface area contributed by atoms with E-state index in [-0.39, 0.29) is 11.9 Å². The maximum Gasteiger partial charge on any atom is 0.253 e. The van der Waals surface area contributed by atoms with Gasteiger partial charge in [-0.25, -0.2) is 9.97 Å². The summed E-state index contributed by atoms with van der Waals surface area (Å²) < 4.78 is 1.84. The molecule has 1 amide bonds. The van der Waals surface area contributed by atoms with Crippen molar-refractivity contribution < 1.29 is 4.79 Å². The molecule has 6 nitrogen and oxygen atoms in total. The van der Waals surface area contributed by atoms with E-state index in [4.69, 9.17) is 0 Å². The topological polar surface area (TPSA) is 75.1 Å². The van der Waals surface area contributed by atoms with Gasteiger partial charge in [-0.1, -0.05) is 12.1 Å². The van der Waals surface area contributed by atoms with Crippen LogP contribution in [-0.2, 0) is 0 Å². The van der Waals surface area contributed by atoms with Crippen molar-refractivity contribution in [3.05, 3.63) is 66.4 Å². The minimum atomic E-state index is -0.166. The zero-order valence-electron chi connectivity index (χ0n) is 14.3. The van der Waals surface area contributed by atoms with Gasteiger partial charge < -0.3 is 14.7 Å². The first-order valence-corrected chi connectivity index (χ1v) is 9.81. The average molecular weight is 365 g/mol. The zero-order valence-corrected chi connectivity index (χ0v) is 15.2. The number of nitrogens with one attached hydrogen (secondary N) is 2. The molecule has 0 bridgehead atoms. The Bertz CT molecular complexity index is 1020. The lowest BCUT2D eigenvalue weighted by Crippen LogP contribution is -2.30. The van der Waals surface area contributed by atoms with E-state index in [9.17, 15) is 4.79 Å². The molecule has 0 unspecified atom stereocenters. The van der Waals surface area contributed by atoms with Gasteiger partial charge in [-0.2, -0.15) is 11.8 Å². The van der Waals surface area contributed by atoms with Crippen LogP contribution in [-0.4, -0.2) is 37.3 Å². The number of imidazole rings is 2. The quantitative estimate of drug-likeness (QED) is 0.549. The average Bonchev–Trinajstić information content (AvgIpc) is 3.30. The molecular weight excluding hydrogens is 346 g/mol. The van der Waals surface area contributed by atoms with Crippen molar-refractivity contribution in [2.24, 2.45) is 0 Å². The Balaban J connectivity index is 1.60. The van der Waals surface area contributed by atoms with Crippen molar-refractivity contribution in [1.82, 2.24) is 24.7 Å². The number of benzene rings is 1. The Morgan fingerprint density at radius 2 is 2.19 bits per heavy atom. The predicted molar refractivity (Wildman–Crippen MR) is 104 cm³/mol. The van der Waals surface area contributed by atoms with Crippen LogP contribution in [0.3, 0.4) is 0 Å². The van der Waals surface area contributed by atoms with Crippen LogP contribution in [0.2, 0.25) is 0 Å². The molecule has 4 rings (SSSR count). The molecule has 0 aliphatic carbocycles. The smallest absolute Gasteiger partial charge is 0.253 e. The number of para-hydroxylation sites is 2. The number of fused-ring (bicyclic) bond motifs is 2. The van der Waals surface area contributed by atoms with Crippen LogP contribution >= 0.6 is 11.8 Å². The largest absolute Gasteiger partial charge is 0.342 e. The second kappa shape index (κ2) is 7.21. The maximum absolute atomic E-state index is 12.8. The second-order valence-electron chi connectivity index (χ2n) is 6.06. The number of rotatable bonds is 6. The van der Waals surface area contributed by atoms with Gasteiger partial charge >= 0.3 is 0 Å². The molecule has 0 aliphatic rings. The molecular formula is C19H19N5OS. The van der Waals surface area contributed by atoms with Gasteiger partial charge in [-0.15, -0.1) is 0 Å². The minimum absolute atomic E-state index is 0.118. The van der Waals surface area contributed by atoms with Crippen molar-refractivity contribution in [1.29, 1.82) is 0 Å². The lowest BCUT2D eigenvalue weighted by atomic mass is 10.2. The molecule has 4 aromatic rings. The van der Waals surface area contributed by atoms with Gasteiger partial charge in [0.1, 0.15) is 11.5 Å². The summed E-state index contributed by atoms with van der Waals surface area (Å²) in [6, 6.07) is 11.4. The lowest BCUT2D eigenvalue weighted by Gasteiger charge is -2.16. The van der Waals surface area contributed by atoms with Crippen LogP contribution in [0.5, 0.6) is 0 Å². The second-order valence-corrected chi connectivity index (χ2v) is 7.04. The van der Waals surface area contributed by atoms with Crippen molar-refractivity contribution in [2.75, 3.05) is 12.0 Å². The Hall–Kier alpha value is -2.80. The summed E-state index contributed by atoms with van der Waals surface area (Å²) in [6.45, 7) is 0. The first kappa shape index (κ1) is 16.7. The normalized spacial score (nSPS) is 12.5. The highest BCUT2D eigenvalue weighted by Crippen LogP contribution is 2.20. The third-order valence-corrected chi connectivity index (χ3v) is 4.95. The van der Waals surface area contributed by atoms with Crippen LogP contribution < -0.4 is 5.32 Å². The molecule has 0 saturated carbocycles. The van der Waals surface area contributed by atoms with Crippen molar-refractivity contribution in [3.63, 3.8) is 0 Å². The molecule has 0 aliphatic heterocycles. The third kappa shape index (κ3) is 3.30. The number of aromatic nitrogens is 4. The van der Waals surface area contributed by atoms with Crippen LogP contribution in [0.15, 0.2) is 55.0 Å². The molecule has 1 aromatic carbocycles. The number of carbonyl (C=O) groups is 1. The number of amides is 1. The number of hydrogen-bond acceptors (Lipinski definition) is 4. The van der Waals surface area contributed by atoms with E-state index in [2.05, 4.69) is 26.5 Å². The van der Waals surface area contributed by atoms with Gasteiger partial charge in [-0.05, 0) is 42.7 Å². The molecule has 0 spiro atoms. The molecule has 1 atom stereocenters. The molecule has 3 aromatic heterocycles. The number of carbonyl (C=O) groups excluding carboxylic acids is 1. The number of H-pyrrole nitrogens is 1. The molecule has 132 valence electrons. The molecule has 0 fully saturated rings. The zero-order chi connectivity index (χ0) is 17.9. The molecule has 3 heterocycles. The van der Waals surface area contributed by atoms with Crippen LogP contribution in [0.4, 0.5) is 0 Å². The molecule has 26 heavy (non-hydrogen) atoms. The first-order valence-electron chi connectivity index (χ1n) is 8.42. The minimum Gasteiger partial charge on any atom is -0.342 e. The number of hydrogen-bond donors (Lipinski definition) is 2. The molecule has 2 N–H and O–H groups in total. The predicted octanol–water partition coefficient (Wildman–Crippen LogP) is 3.43. The van der Waals surface area contributed by atoms with Gasteiger partial charge in [0.15, 0.2) is 0 Å². The van der Waals surface area contributed by atoms with E-state index in [1.54, 1.807) is 30.2 Å². The standard InChI is InChI=1S/C19H19N5OS/c1-26-11-8-16(18-21-14-4-2-3-5-15(14)22-18)23-19(25)13-6-7-17-20-9-10-24(17)12-13/h2-7,9-10,12,16H,8,11H2,1H3,(H,21,22)(H,23,25)/t16-/m1/s1. The number of pyridine rings is 1. The van der Waals surface area contributed by atoms with E-state index in [1.165, 1.54) is 0 Å². The monoisotopic (exact) mass is 365 g/mol. The van der Waals surface area contributed by atoms with Crippen LogP contribution in [0.25, 0.3) is 16.7 Å². The lowest BCUT2D eigenvalue weighted by molar-refractivity contribution is 0.0933. The molecule has 0 saturated heterocycles. The highest BCUT2D eigenvalue weighted by molar-refractivity contribution is 7.98. The summed E-state index contributed by atoms with van der Waals surface area (Å²) >= 11 is 1.75. The number of nitrogens with zero attached hydrogens (tertiary/aromatic N) is 3. The fourth-order valence-electron chi connectivity index (χ4n) is 2.95. The Kier molecular flexibility index (Phi) is 4.62. The maximum atomic E-state index is 12.8. The first-order chi connectivity index (χ1) is 12.7. The van der Waals surface area contributed by atoms with Crippen molar-refractivity contribution in [3.8, 4) is 0 Å². The van der Waals surface area contributed by atoms with Crippen molar-refractivity contribution >= 4 is 34.3 Å². The van der Waals surface area contributed by atoms with E-state index < -0.39 is 0 Å². The molecule has 7 heteroatoms. The fourth-order valence-corrected chi connectivity index (χ4v) is 3.42. The third-order valence-electron chi connectivity index (χ3n) is 4.30. The van der Waals surface area contributed by atoms with Gasteiger partial charge in [0, 0.05) is 18.6 Å². The summed E-state index contributed by atoms with van der Waals surface area (Å²) in [7, 11) is 0. The van der Waals surface area contributed by atoms with E-state index in [0.717, 1.165) is 34.7 Å². The molecule has 0 radical (unpaired) electrons. The Morgan fingerprint density at radius 3 is 3.04 bits per heavy atom. The fraction of sp³-hybridized carbons (Fsp3) is 0.211. The van der Waals surface area contributed by atoms with Gasteiger partial charge in [0.05, 0.1) is 22.6 Å². The van der Waals surface area contributed by atoms with E-state index in [0.29, 0.717) is 5.56 Å². The van der Waals surface area contributed by atoms with E-state index in [1.807, 2.05) is 40.9 Å². The van der Waals surface area contributed by atoms with Gasteiger partial charge in [-0.3, -0.25) is 4.79 Å². The summed E-state index contributed by atoms with van der Waals surface area (Å²) in [5.74, 6) is 1.60. The number of thioether (sulfide) groups is 1. The van der Waals surface area contributed by atoms with Crippen molar-refractivity contribution in [2.45, 2.75) is 12.5 Å². The van der Waals surface area contributed by atoms with E-state index >= 15 is 0 Å². The Labute approximate surface area is 155 Å². The van der Waals surface area contributed by atoms with Crippen LogP contribution in [0.1, 0.15) is 28.6 Å². The van der Waals surface area contributed by atoms with Gasteiger partial charge in [0.2, 0.25) is 0 Å².